The first-order chi connectivity index (χ1) is 4.79. The maximum absolute atomic E-state index is 10.5. The van der Waals surface area contributed by atoms with Crippen molar-refractivity contribution in [3.63, 3.8) is 0 Å². The van der Waals surface area contributed by atoms with Gasteiger partial charge in [-0.3, -0.25) is 4.79 Å². The molecular formula is C8H9AgNO+. The van der Waals surface area contributed by atoms with Crippen LogP contribution >= 0.6 is 0 Å². The van der Waals surface area contributed by atoms with E-state index in [2.05, 4.69) is 5.32 Å². The summed E-state index contributed by atoms with van der Waals surface area (Å²) in [7, 11) is 0. The Morgan fingerprint density at radius 3 is 2.27 bits per heavy atom. The van der Waals surface area contributed by atoms with Gasteiger partial charge in [-0.2, -0.15) is 0 Å². The quantitative estimate of drug-likeness (QED) is 0.746. The second-order valence-corrected chi connectivity index (χ2v) is 2.05. The number of rotatable bonds is 1. The molecule has 3 heteroatoms. The molecule has 11 heavy (non-hydrogen) atoms. The van der Waals surface area contributed by atoms with Gasteiger partial charge in [-0.1, -0.05) is 18.2 Å². The molecule has 0 spiro atoms. The van der Waals surface area contributed by atoms with E-state index < -0.39 is 0 Å². The third-order valence-corrected chi connectivity index (χ3v) is 1.09. The number of anilines is 1. The number of hydrogen-bond acceptors (Lipinski definition) is 1. The van der Waals surface area contributed by atoms with Gasteiger partial charge in [0.15, 0.2) is 0 Å². The zero-order chi connectivity index (χ0) is 7.40. The van der Waals surface area contributed by atoms with Gasteiger partial charge in [-0.15, -0.1) is 0 Å². The van der Waals surface area contributed by atoms with Gasteiger partial charge in [0.1, 0.15) is 0 Å². The molecule has 0 saturated heterocycles. The van der Waals surface area contributed by atoms with Crippen LogP contribution in [0.3, 0.4) is 0 Å². The molecule has 0 aliphatic rings. The Hall–Kier alpha value is -0.570. The molecule has 0 saturated carbocycles. The second kappa shape index (κ2) is 5.13. The minimum atomic E-state index is -0.0359. The van der Waals surface area contributed by atoms with Crippen molar-refractivity contribution in [2.45, 2.75) is 6.92 Å². The van der Waals surface area contributed by atoms with Crippen molar-refractivity contribution in [3.8, 4) is 0 Å². The summed E-state index contributed by atoms with van der Waals surface area (Å²) in [4.78, 5) is 10.5. The van der Waals surface area contributed by atoms with Crippen LogP contribution in [0.25, 0.3) is 0 Å². The van der Waals surface area contributed by atoms with Gasteiger partial charge in [0.05, 0.1) is 0 Å². The van der Waals surface area contributed by atoms with E-state index in [4.69, 9.17) is 0 Å². The van der Waals surface area contributed by atoms with Gasteiger partial charge in [0.2, 0.25) is 5.91 Å². The van der Waals surface area contributed by atoms with Crippen LogP contribution in [-0.2, 0) is 27.2 Å². The molecule has 0 aliphatic heterocycles. The molecule has 1 N–H and O–H groups in total. The van der Waals surface area contributed by atoms with E-state index in [9.17, 15) is 4.79 Å². The zero-order valence-electron chi connectivity index (χ0n) is 6.10. The average molecular weight is 243 g/mol. The van der Waals surface area contributed by atoms with Crippen molar-refractivity contribution < 1.29 is 27.2 Å². The van der Waals surface area contributed by atoms with E-state index in [1.807, 2.05) is 30.3 Å². The van der Waals surface area contributed by atoms with Gasteiger partial charge in [-0.25, -0.2) is 0 Å². The second-order valence-electron chi connectivity index (χ2n) is 2.05. The van der Waals surface area contributed by atoms with E-state index in [1.54, 1.807) is 0 Å². The van der Waals surface area contributed by atoms with Crippen molar-refractivity contribution in [1.82, 2.24) is 0 Å². The predicted octanol–water partition coefficient (Wildman–Crippen LogP) is 1.64. The first-order valence-electron chi connectivity index (χ1n) is 3.11. The normalized spacial score (nSPS) is 8.09. The standard InChI is InChI=1S/C8H9NO.Ag/c1-7(10)9-8-5-3-2-4-6-8;/h2-6H,1H3,(H,9,10);/q;+1. The van der Waals surface area contributed by atoms with Crippen LogP contribution in [0, 0.1) is 0 Å². The molecule has 0 heterocycles. The van der Waals surface area contributed by atoms with Crippen LogP contribution in [0.2, 0.25) is 0 Å². The van der Waals surface area contributed by atoms with E-state index >= 15 is 0 Å². The maximum Gasteiger partial charge on any atom is 1.00 e. The van der Waals surface area contributed by atoms with Crippen molar-refractivity contribution in [2.24, 2.45) is 0 Å². The number of carbonyl (C=O) groups is 1. The van der Waals surface area contributed by atoms with Crippen molar-refractivity contribution in [1.29, 1.82) is 0 Å². The van der Waals surface area contributed by atoms with Gasteiger partial charge in [0.25, 0.3) is 0 Å². The summed E-state index contributed by atoms with van der Waals surface area (Å²) in [5, 5.41) is 2.67. The number of amides is 1. The van der Waals surface area contributed by atoms with Gasteiger partial charge < -0.3 is 5.32 Å². The molecular weight excluding hydrogens is 234 g/mol. The summed E-state index contributed by atoms with van der Waals surface area (Å²) in [5.74, 6) is -0.0359. The Morgan fingerprint density at radius 1 is 1.27 bits per heavy atom. The summed E-state index contributed by atoms with van der Waals surface area (Å²) < 4.78 is 0. The third kappa shape index (κ3) is 3.98. The SMILES string of the molecule is CC(=O)Nc1ccccc1.[Ag+]. The number of carbonyl (C=O) groups excluding carboxylic acids is 1. The van der Waals surface area contributed by atoms with Crippen molar-refractivity contribution in [3.05, 3.63) is 30.3 Å². The van der Waals surface area contributed by atoms with Crippen LogP contribution in [0.15, 0.2) is 30.3 Å². The molecule has 2 nitrogen and oxygen atoms in total. The molecule has 1 amide bonds. The Morgan fingerprint density at radius 2 is 1.82 bits per heavy atom. The fourth-order valence-electron chi connectivity index (χ4n) is 0.725. The van der Waals surface area contributed by atoms with Crippen LogP contribution in [0.5, 0.6) is 0 Å². The number of benzene rings is 1. The van der Waals surface area contributed by atoms with Gasteiger partial charge in [0, 0.05) is 12.6 Å². The molecule has 0 bridgehead atoms. The van der Waals surface area contributed by atoms with E-state index in [0.29, 0.717) is 0 Å². The van der Waals surface area contributed by atoms with E-state index in [0.717, 1.165) is 5.69 Å². The third-order valence-electron chi connectivity index (χ3n) is 1.09. The van der Waals surface area contributed by atoms with Crippen molar-refractivity contribution >= 4 is 11.6 Å². The fraction of sp³-hybridized carbons (Fsp3) is 0.125. The summed E-state index contributed by atoms with van der Waals surface area (Å²) >= 11 is 0. The molecule has 0 radical (unpaired) electrons. The largest absolute Gasteiger partial charge is 1.00 e. The number of nitrogens with one attached hydrogen (secondary N) is 1. The van der Waals surface area contributed by atoms with Gasteiger partial charge in [-0.05, 0) is 12.1 Å². The monoisotopic (exact) mass is 242 g/mol. The fourth-order valence-corrected chi connectivity index (χ4v) is 0.725. The predicted molar refractivity (Wildman–Crippen MR) is 40.7 cm³/mol. The molecule has 1 aromatic carbocycles. The topological polar surface area (TPSA) is 29.1 Å². The van der Waals surface area contributed by atoms with Crippen LogP contribution < -0.4 is 5.32 Å². The maximum atomic E-state index is 10.5. The van der Waals surface area contributed by atoms with Crippen LogP contribution in [-0.4, -0.2) is 5.91 Å². The number of hydrogen-bond donors (Lipinski definition) is 1. The van der Waals surface area contributed by atoms with Crippen LogP contribution in [0.1, 0.15) is 6.92 Å². The first kappa shape index (κ1) is 10.4. The summed E-state index contributed by atoms with van der Waals surface area (Å²) in [6, 6.07) is 9.37. The Kier molecular flexibility index (Phi) is 4.86. The van der Waals surface area contributed by atoms with Crippen molar-refractivity contribution in [2.75, 3.05) is 5.32 Å². The summed E-state index contributed by atoms with van der Waals surface area (Å²) in [5.41, 5.74) is 0.843. The molecule has 0 aromatic heterocycles. The molecule has 0 atom stereocenters. The van der Waals surface area contributed by atoms with Crippen LogP contribution in [0.4, 0.5) is 5.69 Å². The molecule has 1 rings (SSSR count). The number of para-hydroxylation sites is 1. The van der Waals surface area contributed by atoms with Gasteiger partial charge >= 0.3 is 22.4 Å². The first-order valence-corrected chi connectivity index (χ1v) is 3.11. The van der Waals surface area contributed by atoms with E-state index in [1.165, 1.54) is 6.92 Å². The summed E-state index contributed by atoms with van der Waals surface area (Å²) in [6.07, 6.45) is 0. The Bertz CT molecular complexity index is 223. The smallest absolute Gasteiger partial charge is 0.326 e. The molecule has 62 valence electrons. The molecule has 0 fully saturated rings. The molecule has 0 aliphatic carbocycles. The summed E-state index contributed by atoms with van der Waals surface area (Å²) in [6.45, 7) is 1.49. The van der Waals surface area contributed by atoms with E-state index in [-0.39, 0.29) is 28.3 Å². The molecule has 0 unspecified atom stereocenters. The average Bonchev–Trinajstić information content (AvgIpc) is 1.88. The Balaban J connectivity index is 0.000001000. The minimum Gasteiger partial charge on any atom is -0.326 e. The Labute approximate surface area is 81.5 Å². The minimum absolute atomic E-state index is 0. The zero-order valence-corrected chi connectivity index (χ0v) is 7.58. The molecule has 1 aromatic rings.